The molecule has 26 heavy (non-hydrogen) atoms. The van der Waals surface area contributed by atoms with Gasteiger partial charge in [-0.3, -0.25) is 9.36 Å². The maximum Gasteiger partial charge on any atom is 0.277 e. The minimum Gasteiger partial charge on any atom is -0.357 e. The number of aryl methyl sites for hydroxylation is 1. The second-order valence-corrected chi connectivity index (χ2v) is 7.24. The van der Waals surface area contributed by atoms with Crippen molar-refractivity contribution in [2.45, 2.75) is 13.5 Å². The first kappa shape index (κ1) is 16.8. The van der Waals surface area contributed by atoms with Crippen LogP contribution in [0.1, 0.15) is 11.1 Å². The zero-order chi connectivity index (χ0) is 18.1. The molecule has 0 saturated carbocycles. The lowest BCUT2D eigenvalue weighted by Gasteiger charge is -2.10. The average molecular weight is 383 g/mol. The largest absolute Gasteiger partial charge is 0.357 e. The summed E-state index contributed by atoms with van der Waals surface area (Å²) in [7, 11) is 0. The van der Waals surface area contributed by atoms with E-state index in [1.54, 1.807) is 6.07 Å². The first-order valence-corrected chi connectivity index (χ1v) is 9.24. The molecule has 2 aromatic carbocycles. The molecule has 0 spiro atoms. The molecule has 0 amide bonds. The summed E-state index contributed by atoms with van der Waals surface area (Å²) in [5.41, 5.74) is 2.98. The fourth-order valence-corrected chi connectivity index (χ4v) is 3.91. The molecular formula is C19H15ClN4OS. The second-order valence-electron chi connectivity index (χ2n) is 5.84. The summed E-state index contributed by atoms with van der Waals surface area (Å²) < 4.78 is 1.99. The first-order chi connectivity index (χ1) is 12.6. The molecule has 5 nitrogen and oxygen atoms in total. The SMILES string of the molecule is Cc1cccc(Cl)c1-n1cnc2nc(NCc3ccccc3)sc2c1=O. The van der Waals surface area contributed by atoms with E-state index in [0.717, 1.165) is 11.1 Å². The Bertz CT molecular complexity index is 1120. The number of benzene rings is 2. The number of hydrogen-bond donors (Lipinski definition) is 1. The molecule has 0 aliphatic rings. The molecule has 0 atom stereocenters. The van der Waals surface area contributed by atoms with Crippen molar-refractivity contribution in [1.29, 1.82) is 0 Å². The lowest BCUT2D eigenvalue weighted by atomic mass is 10.2. The number of hydrogen-bond acceptors (Lipinski definition) is 5. The van der Waals surface area contributed by atoms with Gasteiger partial charge >= 0.3 is 0 Å². The predicted octanol–water partition coefficient (Wildman–Crippen LogP) is 4.42. The molecule has 1 N–H and O–H groups in total. The van der Waals surface area contributed by atoms with Gasteiger partial charge in [0.1, 0.15) is 11.0 Å². The highest BCUT2D eigenvalue weighted by molar-refractivity contribution is 7.22. The second kappa shape index (κ2) is 6.90. The molecule has 4 aromatic rings. The number of thiazole rings is 1. The van der Waals surface area contributed by atoms with Crippen LogP contribution in [0.2, 0.25) is 5.02 Å². The third kappa shape index (κ3) is 3.09. The molecule has 0 unspecified atom stereocenters. The Morgan fingerprint density at radius 3 is 2.73 bits per heavy atom. The molecule has 130 valence electrons. The number of rotatable bonds is 4. The Morgan fingerprint density at radius 2 is 1.96 bits per heavy atom. The van der Waals surface area contributed by atoms with Gasteiger partial charge in [-0.2, -0.15) is 4.98 Å². The molecule has 0 bridgehead atoms. The molecule has 7 heteroatoms. The fraction of sp³-hybridized carbons (Fsp3) is 0.105. The normalized spacial score (nSPS) is 11.0. The summed E-state index contributed by atoms with van der Waals surface area (Å²) in [6.45, 7) is 2.55. The van der Waals surface area contributed by atoms with E-state index in [0.29, 0.717) is 32.7 Å². The molecular weight excluding hydrogens is 368 g/mol. The van der Waals surface area contributed by atoms with Crippen molar-refractivity contribution in [3.63, 3.8) is 0 Å². The van der Waals surface area contributed by atoms with E-state index in [9.17, 15) is 4.79 Å². The van der Waals surface area contributed by atoms with Crippen LogP contribution in [0.3, 0.4) is 0 Å². The van der Waals surface area contributed by atoms with Gasteiger partial charge in [0.25, 0.3) is 5.56 Å². The molecule has 0 saturated heterocycles. The third-order valence-corrected chi connectivity index (χ3v) is 5.33. The van der Waals surface area contributed by atoms with Crippen LogP contribution in [0, 0.1) is 6.92 Å². The van der Waals surface area contributed by atoms with Crippen molar-refractivity contribution in [2.24, 2.45) is 0 Å². The van der Waals surface area contributed by atoms with Crippen molar-refractivity contribution < 1.29 is 0 Å². The number of nitrogens with one attached hydrogen (secondary N) is 1. The topological polar surface area (TPSA) is 59.8 Å². The van der Waals surface area contributed by atoms with Gasteiger partial charge in [-0.25, -0.2) is 4.98 Å². The van der Waals surface area contributed by atoms with Crippen LogP contribution in [-0.4, -0.2) is 14.5 Å². The standard InChI is InChI=1S/C19H15ClN4OS/c1-12-6-5-9-14(20)15(12)24-11-22-17-16(18(24)25)26-19(23-17)21-10-13-7-3-2-4-8-13/h2-9,11H,10H2,1H3,(H,21,23). The lowest BCUT2D eigenvalue weighted by molar-refractivity contribution is 0.952. The van der Waals surface area contributed by atoms with Gasteiger partial charge in [0.2, 0.25) is 0 Å². The highest BCUT2D eigenvalue weighted by atomic mass is 35.5. The summed E-state index contributed by atoms with van der Waals surface area (Å²) >= 11 is 7.60. The van der Waals surface area contributed by atoms with Crippen LogP contribution in [0.5, 0.6) is 0 Å². The van der Waals surface area contributed by atoms with E-state index in [2.05, 4.69) is 15.3 Å². The zero-order valence-corrected chi connectivity index (χ0v) is 15.5. The Balaban J connectivity index is 1.71. The van der Waals surface area contributed by atoms with Gasteiger partial charge in [-0.15, -0.1) is 0 Å². The quantitative estimate of drug-likeness (QED) is 0.567. The zero-order valence-electron chi connectivity index (χ0n) is 13.9. The third-order valence-electron chi connectivity index (χ3n) is 4.03. The van der Waals surface area contributed by atoms with Crippen molar-refractivity contribution in [3.05, 3.63) is 81.4 Å². The smallest absolute Gasteiger partial charge is 0.277 e. The lowest BCUT2D eigenvalue weighted by Crippen LogP contribution is -2.19. The molecule has 2 heterocycles. The van der Waals surface area contributed by atoms with Gasteiger partial charge in [-0.1, -0.05) is 65.4 Å². The Morgan fingerprint density at radius 1 is 1.15 bits per heavy atom. The summed E-state index contributed by atoms with van der Waals surface area (Å²) in [5, 5.41) is 4.44. The summed E-state index contributed by atoms with van der Waals surface area (Å²) in [4.78, 5) is 21.7. The number of fused-ring (bicyclic) bond motifs is 1. The Kier molecular flexibility index (Phi) is 4.44. The Hall–Kier alpha value is -2.70. The summed E-state index contributed by atoms with van der Waals surface area (Å²) in [5.74, 6) is 0. The van der Waals surface area contributed by atoms with Gasteiger partial charge in [-0.05, 0) is 24.1 Å². The maximum atomic E-state index is 12.9. The molecule has 0 fully saturated rings. The minimum absolute atomic E-state index is 0.170. The van der Waals surface area contributed by atoms with E-state index < -0.39 is 0 Å². The highest BCUT2D eigenvalue weighted by Crippen LogP contribution is 2.25. The predicted molar refractivity (Wildman–Crippen MR) is 107 cm³/mol. The van der Waals surface area contributed by atoms with Gasteiger partial charge in [0.15, 0.2) is 10.8 Å². The number of anilines is 1. The van der Waals surface area contributed by atoms with E-state index >= 15 is 0 Å². The van der Waals surface area contributed by atoms with Crippen molar-refractivity contribution in [2.75, 3.05) is 5.32 Å². The highest BCUT2D eigenvalue weighted by Gasteiger charge is 2.14. The number of nitrogens with zero attached hydrogens (tertiary/aromatic N) is 3. The molecule has 0 aliphatic carbocycles. The minimum atomic E-state index is -0.170. The first-order valence-electron chi connectivity index (χ1n) is 8.05. The van der Waals surface area contributed by atoms with Crippen LogP contribution in [0.15, 0.2) is 59.7 Å². The van der Waals surface area contributed by atoms with Crippen molar-refractivity contribution >= 4 is 38.4 Å². The summed E-state index contributed by atoms with van der Waals surface area (Å²) in [6.07, 6.45) is 1.49. The summed E-state index contributed by atoms with van der Waals surface area (Å²) in [6, 6.07) is 15.6. The van der Waals surface area contributed by atoms with Crippen molar-refractivity contribution in [3.8, 4) is 5.69 Å². The maximum absolute atomic E-state index is 12.9. The van der Waals surface area contributed by atoms with Gasteiger partial charge in [0, 0.05) is 6.54 Å². The number of halogens is 1. The van der Waals surface area contributed by atoms with Crippen LogP contribution < -0.4 is 10.9 Å². The van der Waals surface area contributed by atoms with Crippen LogP contribution in [0.25, 0.3) is 16.0 Å². The van der Waals surface area contributed by atoms with E-state index in [-0.39, 0.29) is 5.56 Å². The molecule has 0 radical (unpaired) electrons. The van der Waals surface area contributed by atoms with Gasteiger partial charge < -0.3 is 5.32 Å². The van der Waals surface area contributed by atoms with Crippen LogP contribution in [0.4, 0.5) is 5.13 Å². The van der Waals surface area contributed by atoms with E-state index in [1.165, 1.54) is 22.2 Å². The molecule has 4 rings (SSSR count). The van der Waals surface area contributed by atoms with Crippen molar-refractivity contribution in [1.82, 2.24) is 14.5 Å². The van der Waals surface area contributed by atoms with Gasteiger partial charge in [0.05, 0.1) is 10.7 Å². The van der Waals surface area contributed by atoms with E-state index in [4.69, 9.17) is 11.6 Å². The number of para-hydroxylation sites is 1. The Labute approximate surface area is 158 Å². The van der Waals surface area contributed by atoms with E-state index in [1.807, 2.05) is 49.4 Å². The number of aromatic nitrogens is 3. The molecule has 0 aliphatic heterocycles. The average Bonchev–Trinajstić information content (AvgIpc) is 3.07. The van der Waals surface area contributed by atoms with Crippen LogP contribution in [-0.2, 0) is 6.54 Å². The monoisotopic (exact) mass is 382 g/mol. The fourth-order valence-electron chi connectivity index (χ4n) is 2.75. The van der Waals surface area contributed by atoms with Crippen LogP contribution >= 0.6 is 22.9 Å². The molecule has 2 aromatic heterocycles.